The van der Waals surface area contributed by atoms with Gasteiger partial charge in [0.05, 0.1) is 32.5 Å². The van der Waals surface area contributed by atoms with Gasteiger partial charge >= 0.3 is 5.97 Å². The van der Waals surface area contributed by atoms with Crippen molar-refractivity contribution in [3.8, 4) is 11.1 Å². The summed E-state index contributed by atoms with van der Waals surface area (Å²) in [5, 5.41) is 32.5. The first-order valence-electron chi connectivity index (χ1n) is 9.50. The number of aromatic amines is 1. The number of esters is 1. The molecule has 0 unspecified atom stereocenters. The Morgan fingerprint density at radius 3 is 2.34 bits per heavy atom. The minimum absolute atomic E-state index is 0.0883. The van der Waals surface area contributed by atoms with E-state index in [1.807, 2.05) is 0 Å². The molecule has 0 aliphatic heterocycles. The first kappa shape index (κ1) is 21.2. The summed E-state index contributed by atoms with van der Waals surface area (Å²) in [5.74, 6) is -0.917. The number of hydrogen-bond donors (Lipinski definition) is 5. The normalized spacial score (nSPS) is 13.6. The Hall–Kier alpha value is -2.52. The second kappa shape index (κ2) is 8.87. The van der Waals surface area contributed by atoms with E-state index in [0.29, 0.717) is 40.1 Å². The average Bonchev–Trinajstić information content (AvgIpc) is 3.53. The van der Waals surface area contributed by atoms with Crippen molar-refractivity contribution in [3.63, 3.8) is 0 Å². The molecule has 0 amide bonds. The fraction of sp³-hybridized carbons (Fsp3) is 0.429. The first-order chi connectivity index (χ1) is 14.0. The van der Waals surface area contributed by atoms with E-state index < -0.39 is 12.6 Å². The second-order valence-corrected chi connectivity index (χ2v) is 7.09. The lowest BCUT2D eigenvalue weighted by Gasteiger charge is -2.17. The summed E-state index contributed by atoms with van der Waals surface area (Å²) in [6.45, 7) is -0.714. The fourth-order valence-corrected chi connectivity index (χ4v) is 3.71. The van der Waals surface area contributed by atoms with Crippen molar-refractivity contribution in [2.75, 3.05) is 14.2 Å². The van der Waals surface area contributed by atoms with Crippen LogP contribution in [0.2, 0.25) is 0 Å². The average molecular weight is 402 g/mol. The van der Waals surface area contributed by atoms with Crippen molar-refractivity contribution in [1.82, 2.24) is 10.3 Å². The summed E-state index contributed by atoms with van der Waals surface area (Å²) in [6.07, 6.45) is 1.53. The third kappa shape index (κ3) is 3.84. The Kier molecular flexibility index (Phi) is 6.49. The zero-order chi connectivity index (χ0) is 21.1. The quantitative estimate of drug-likeness (QED) is 0.315. The van der Waals surface area contributed by atoms with Gasteiger partial charge in [-0.1, -0.05) is 12.1 Å². The highest BCUT2D eigenvalue weighted by Crippen LogP contribution is 2.41. The van der Waals surface area contributed by atoms with Gasteiger partial charge in [-0.15, -0.1) is 0 Å². The number of H-pyrrole nitrogens is 1. The summed E-state index contributed by atoms with van der Waals surface area (Å²) < 4.78 is 4.88. The zero-order valence-corrected chi connectivity index (χ0v) is 16.5. The van der Waals surface area contributed by atoms with Crippen molar-refractivity contribution in [1.29, 1.82) is 0 Å². The number of hydrogen-bond acceptors (Lipinski definition) is 7. The monoisotopic (exact) mass is 402 g/mol. The van der Waals surface area contributed by atoms with Crippen LogP contribution in [0.25, 0.3) is 11.1 Å². The van der Waals surface area contributed by atoms with Crippen LogP contribution in [0.1, 0.15) is 56.1 Å². The minimum Gasteiger partial charge on any atom is -0.464 e. The van der Waals surface area contributed by atoms with Gasteiger partial charge in [0.1, 0.15) is 5.69 Å². The maximum absolute atomic E-state index is 13.1. The summed E-state index contributed by atoms with van der Waals surface area (Å²) >= 11 is 0. The Morgan fingerprint density at radius 1 is 1.14 bits per heavy atom. The van der Waals surface area contributed by atoms with E-state index >= 15 is 0 Å². The maximum atomic E-state index is 13.1. The third-order valence-corrected chi connectivity index (χ3v) is 5.30. The molecule has 8 heteroatoms. The zero-order valence-electron chi connectivity index (χ0n) is 16.5. The molecule has 1 aromatic carbocycles. The Balaban J connectivity index is 2.34. The van der Waals surface area contributed by atoms with E-state index in [1.165, 1.54) is 7.11 Å². The summed E-state index contributed by atoms with van der Waals surface area (Å²) in [7, 11) is 3.00. The van der Waals surface area contributed by atoms with Crippen LogP contribution in [0, 0.1) is 5.92 Å². The summed E-state index contributed by atoms with van der Waals surface area (Å²) in [5.41, 5.74) is 3.31. The van der Waals surface area contributed by atoms with E-state index in [0.717, 1.165) is 12.8 Å². The van der Waals surface area contributed by atoms with Crippen LogP contribution in [0.5, 0.6) is 0 Å². The number of aliphatic hydroxyl groups excluding tert-OH is 3. The van der Waals surface area contributed by atoms with Crippen LogP contribution in [0.3, 0.4) is 0 Å². The van der Waals surface area contributed by atoms with Gasteiger partial charge in [-0.3, -0.25) is 4.79 Å². The molecule has 1 fully saturated rings. The molecule has 1 aliphatic carbocycles. The van der Waals surface area contributed by atoms with E-state index in [9.17, 15) is 24.9 Å². The SMILES string of the molecule is CNCc1[nH]c(C(=O)OC)c(C(=O)C2CC2)c1-c1ccc(CO)c(CO)c1CO. The van der Waals surface area contributed by atoms with E-state index in [1.54, 1.807) is 19.2 Å². The standard InChI is InChI=1S/C21H26N2O6/c1-22-7-16-17(13-6-5-12(8-24)14(9-25)15(13)10-26)18(20(27)11-3-4-11)19(23-16)21(28)29-2/h5-6,11,22-26H,3-4,7-10H2,1-2H3. The lowest BCUT2D eigenvalue weighted by Crippen LogP contribution is -2.12. The van der Waals surface area contributed by atoms with Gasteiger partial charge in [0.2, 0.25) is 0 Å². The van der Waals surface area contributed by atoms with Crippen LogP contribution < -0.4 is 5.32 Å². The van der Waals surface area contributed by atoms with E-state index in [2.05, 4.69) is 10.3 Å². The lowest BCUT2D eigenvalue weighted by molar-refractivity contribution is 0.0590. The molecule has 156 valence electrons. The van der Waals surface area contributed by atoms with Gasteiger partial charge < -0.3 is 30.4 Å². The molecule has 0 radical (unpaired) electrons. The molecule has 1 heterocycles. The van der Waals surface area contributed by atoms with Gasteiger partial charge in [-0.25, -0.2) is 4.79 Å². The predicted octanol–water partition coefficient (Wildman–Crippen LogP) is 1.26. The fourth-order valence-electron chi connectivity index (χ4n) is 3.71. The number of ether oxygens (including phenoxy) is 1. The second-order valence-electron chi connectivity index (χ2n) is 7.09. The van der Waals surface area contributed by atoms with Crippen LogP contribution in [0.15, 0.2) is 12.1 Å². The molecule has 0 atom stereocenters. The topological polar surface area (TPSA) is 132 Å². The molecule has 29 heavy (non-hydrogen) atoms. The molecule has 8 nitrogen and oxygen atoms in total. The number of Topliss-reactive ketones (excluding diaryl/α,β-unsaturated/α-hetero) is 1. The van der Waals surface area contributed by atoms with Gasteiger partial charge in [-0.2, -0.15) is 0 Å². The molecular formula is C21H26N2O6. The smallest absolute Gasteiger partial charge is 0.355 e. The number of benzene rings is 1. The van der Waals surface area contributed by atoms with Gasteiger partial charge in [0, 0.05) is 23.7 Å². The largest absolute Gasteiger partial charge is 0.464 e. The van der Waals surface area contributed by atoms with Crippen molar-refractivity contribution >= 4 is 11.8 Å². The highest BCUT2D eigenvalue weighted by atomic mass is 16.5. The van der Waals surface area contributed by atoms with Gasteiger partial charge in [-0.05, 0) is 42.1 Å². The molecule has 0 bridgehead atoms. The maximum Gasteiger partial charge on any atom is 0.355 e. The number of carbonyl (C=O) groups excluding carboxylic acids is 2. The number of aliphatic hydroxyl groups is 3. The molecule has 1 aliphatic rings. The van der Waals surface area contributed by atoms with Gasteiger partial charge in [0.15, 0.2) is 5.78 Å². The summed E-state index contributed by atoms with van der Waals surface area (Å²) in [4.78, 5) is 28.6. The molecule has 1 aromatic heterocycles. The Bertz CT molecular complexity index is 930. The number of nitrogens with one attached hydrogen (secondary N) is 2. The van der Waals surface area contributed by atoms with Crippen molar-refractivity contribution in [2.45, 2.75) is 39.2 Å². The molecule has 0 spiro atoms. The summed E-state index contributed by atoms with van der Waals surface area (Å²) in [6, 6.07) is 3.35. The molecular weight excluding hydrogens is 376 g/mol. The minimum atomic E-state index is -0.641. The molecule has 5 N–H and O–H groups in total. The Labute approximate surface area is 168 Å². The predicted molar refractivity (Wildman–Crippen MR) is 105 cm³/mol. The van der Waals surface area contributed by atoms with Crippen LogP contribution in [-0.4, -0.2) is 46.2 Å². The molecule has 3 rings (SSSR count). The first-order valence-corrected chi connectivity index (χ1v) is 9.50. The number of rotatable bonds is 9. The third-order valence-electron chi connectivity index (χ3n) is 5.30. The van der Waals surface area contributed by atoms with Crippen LogP contribution in [-0.2, 0) is 31.1 Å². The highest BCUT2D eigenvalue weighted by Gasteiger charge is 2.37. The molecule has 1 saturated carbocycles. The molecule has 2 aromatic rings. The molecule has 0 saturated heterocycles. The lowest BCUT2D eigenvalue weighted by atomic mass is 9.88. The number of methoxy groups -OCH3 is 1. The van der Waals surface area contributed by atoms with Crippen LogP contribution in [0.4, 0.5) is 0 Å². The van der Waals surface area contributed by atoms with Crippen molar-refractivity contribution in [2.24, 2.45) is 5.92 Å². The Morgan fingerprint density at radius 2 is 1.83 bits per heavy atom. The van der Waals surface area contributed by atoms with Crippen LogP contribution >= 0.6 is 0 Å². The number of aromatic nitrogens is 1. The van der Waals surface area contributed by atoms with E-state index in [-0.39, 0.29) is 36.2 Å². The van der Waals surface area contributed by atoms with Crippen molar-refractivity contribution < 1.29 is 29.6 Å². The van der Waals surface area contributed by atoms with Crippen molar-refractivity contribution in [3.05, 3.63) is 45.8 Å². The number of carbonyl (C=O) groups is 2. The highest BCUT2D eigenvalue weighted by molar-refractivity contribution is 6.12. The van der Waals surface area contributed by atoms with E-state index in [4.69, 9.17) is 4.74 Å². The number of ketones is 1. The van der Waals surface area contributed by atoms with Gasteiger partial charge in [0.25, 0.3) is 0 Å².